The van der Waals surface area contributed by atoms with Crippen LogP contribution in [-0.4, -0.2) is 26.2 Å². The summed E-state index contributed by atoms with van der Waals surface area (Å²) in [6.07, 6.45) is 0.269. The normalized spacial score (nSPS) is 9.43. The lowest BCUT2D eigenvalue weighted by Gasteiger charge is -2.09. The van der Waals surface area contributed by atoms with Gasteiger partial charge in [0.05, 0.1) is 26.7 Å². The number of para-hydroxylation sites is 2. The van der Waals surface area contributed by atoms with Gasteiger partial charge >= 0.3 is 0 Å². The number of ether oxygens (including phenoxy) is 2. The number of hydrogen-bond donors (Lipinski definition) is 1. The molecule has 0 radical (unpaired) electrons. The molecule has 0 atom stereocenters. The molecule has 0 bridgehead atoms. The molecular weight excluding hydrogens is 290 g/mol. The van der Waals surface area contributed by atoms with E-state index in [2.05, 4.69) is 17.2 Å². The highest BCUT2D eigenvalue weighted by molar-refractivity contribution is 5.76. The molecule has 0 aliphatic heterocycles. The second kappa shape index (κ2) is 9.16. The van der Waals surface area contributed by atoms with Crippen molar-refractivity contribution in [2.24, 2.45) is 0 Å². The molecule has 2 aromatic carbocycles. The third-order valence-electron chi connectivity index (χ3n) is 3.04. The van der Waals surface area contributed by atoms with Crippen LogP contribution in [0.15, 0.2) is 54.6 Å². The smallest absolute Gasteiger partial charge is 0.224 e. The van der Waals surface area contributed by atoms with Crippen molar-refractivity contribution in [2.75, 3.05) is 20.3 Å². The van der Waals surface area contributed by atoms with E-state index < -0.39 is 0 Å². The lowest BCUT2D eigenvalue weighted by molar-refractivity contribution is -0.121. The number of methoxy groups -OCH3 is 1. The Morgan fingerprint density at radius 3 is 2.48 bits per heavy atom. The summed E-state index contributed by atoms with van der Waals surface area (Å²) in [5, 5.41) is 2.74. The predicted octanol–water partition coefficient (Wildman–Crippen LogP) is 2.63. The van der Waals surface area contributed by atoms with Crippen LogP contribution in [0.25, 0.3) is 0 Å². The summed E-state index contributed by atoms with van der Waals surface area (Å²) in [7, 11) is 1.58. The molecule has 4 heteroatoms. The molecule has 0 aliphatic rings. The van der Waals surface area contributed by atoms with E-state index >= 15 is 0 Å². The van der Waals surface area contributed by atoms with Gasteiger partial charge in [-0.15, -0.1) is 0 Å². The maximum atomic E-state index is 11.7. The first-order chi connectivity index (χ1) is 11.3. The van der Waals surface area contributed by atoms with Crippen LogP contribution in [0.1, 0.15) is 12.0 Å². The average Bonchev–Trinajstić information content (AvgIpc) is 2.60. The number of carbonyl (C=O) groups is 1. The van der Waals surface area contributed by atoms with E-state index in [9.17, 15) is 4.79 Å². The fourth-order valence-corrected chi connectivity index (χ4v) is 1.89. The van der Waals surface area contributed by atoms with Gasteiger partial charge in [0.25, 0.3) is 0 Å². The summed E-state index contributed by atoms with van der Waals surface area (Å²) in [4.78, 5) is 11.7. The molecule has 0 aliphatic carbocycles. The van der Waals surface area contributed by atoms with Crippen LogP contribution in [0.4, 0.5) is 0 Å². The Morgan fingerprint density at radius 1 is 1.04 bits per heavy atom. The van der Waals surface area contributed by atoms with Crippen molar-refractivity contribution in [3.05, 3.63) is 60.2 Å². The largest absolute Gasteiger partial charge is 0.493 e. The van der Waals surface area contributed by atoms with Gasteiger partial charge in [-0.25, -0.2) is 0 Å². The van der Waals surface area contributed by atoms with Crippen molar-refractivity contribution >= 4 is 5.91 Å². The first kappa shape index (κ1) is 16.4. The minimum absolute atomic E-state index is 0.0951. The number of benzene rings is 2. The molecule has 0 unspecified atom stereocenters. The molecule has 0 saturated heterocycles. The van der Waals surface area contributed by atoms with Crippen molar-refractivity contribution in [2.45, 2.75) is 6.42 Å². The van der Waals surface area contributed by atoms with Crippen LogP contribution in [0, 0.1) is 11.8 Å². The first-order valence-electron chi connectivity index (χ1n) is 7.36. The van der Waals surface area contributed by atoms with Crippen molar-refractivity contribution in [3.63, 3.8) is 0 Å². The van der Waals surface area contributed by atoms with E-state index in [1.165, 1.54) is 0 Å². The highest BCUT2D eigenvalue weighted by Crippen LogP contribution is 2.25. The van der Waals surface area contributed by atoms with Crippen molar-refractivity contribution in [1.29, 1.82) is 0 Å². The van der Waals surface area contributed by atoms with Crippen LogP contribution >= 0.6 is 0 Å². The molecule has 0 heterocycles. The Kier molecular flexibility index (Phi) is 6.55. The zero-order valence-corrected chi connectivity index (χ0v) is 13.0. The monoisotopic (exact) mass is 309 g/mol. The maximum Gasteiger partial charge on any atom is 0.224 e. The number of hydrogen-bond acceptors (Lipinski definition) is 3. The molecule has 0 fully saturated rings. The summed E-state index contributed by atoms with van der Waals surface area (Å²) in [6.45, 7) is 0.612. The Morgan fingerprint density at radius 2 is 1.74 bits per heavy atom. The lowest BCUT2D eigenvalue weighted by Crippen LogP contribution is -2.25. The zero-order valence-electron chi connectivity index (χ0n) is 13.0. The van der Waals surface area contributed by atoms with E-state index in [1.807, 2.05) is 54.6 Å². The second-order valence-electron chi connectivity index (χ2n) is 4.69. The highest BCUT2D eigenvalue weighted by atomic mass is 16.5. The van der Waals surface area contributed by atoms with E-state index in [0.717, 1.165) is 5.56 Å². The summed E-state index contributed by atoms with van der Waals surface area (Å²) in [5.41, 5.74) is 0.932. The molecule has 1 amide bonds. The summed E-state index contributed by atoms with van der Waals surface area (Å²) in [5.74, 6) is 7.09. The third kappa shape index (κ3) is 5.76. The Bertz CT molecular complexity index is 687. The van der Waals surface area contributed by atoms with Crippen LogP contribution in [0.3, 0.4) is 0 Å². The van der Waals surface area contributed by atoms with E-state index in [4.69, 9.17) is 9.47 Å². The van der Waals surface area contributed by atoms with Gasteiger partial charge < -0.3 is 14.8 Å². The predicted molar refractivity (Wildman–Crippen MR) is 89.4 cm³/mol. The van der Waals surface area contributed by atoms with Gasteiger partial charge in [0, 0.05) is 5.56 Å². The Hall–Kier alpha value is -2.93. The molecule has 118 valence electrons. The summed E-state index contributed by atoms with van der Waals surface area (Å²) >= 11 is 0. The number of carbonyl (C=O) groups excluding carboxylic acids is 1. The first-order valence-corrected chi connectivity index (χ1v) is 7.36. The van der Waals surface area contributed by atoms with Gasteiger partial charge in [0.2, 0.25) is 5.91 Å². The van der Waals surface area contributed by atoms with Crippen LogP contribution < -0.4 is 14.8 Å². The summed E-state index contributed by atoms with van der Waals surface area (Å²) < 4.78 is 10.7. The number of amides is 1. The van der Waals surface area contributed by atoms with Crippen LogP contribution in [0.2, 0.25) is 0 Å². The quantitative estimate of drug-likeness (QED) is 0.835. The molecule has 2 aromatic rings. The van der Waals surface area contributed by atoms with Crippen LogP contribution in [0.5, 0.6) is 11.5 Å². The van der Waals surface area contributed by atoms with E-state index in [-0.39, 0.29) is 12.3 Å². The zero-order chi connectivity index (χ0) is 16.3. The highest BCUT2D eigenvalue weighted by Gasteiger charge is 2.04. The maximum absolute atomic E-state index is 11.7. The minimum atomic E-state index is -0.0951. The fourth-order valence-electron chi connectivity index (χ4n) is 1.89. The van der Waals surface area contributed by atoms with Gasteiger partial charge in [0.1, 0.15) is 0 Å². The van der Waals surface area contributed by atoms with Crippen molar-refractivity contribution < 1.29 is 14.3 Å². The van der Waals surface area contributed by atoms with E-state index in [1.54, 1.807) is 7.11 Å². The molecule has 0 saturated carbocycles. The third-order valence-corrected chi connectivity index (χ3v) is 3.04. The minimum Gasteiger partial charge on any atom is -0.493 e. The molecule has 23 heavy (non-hydrogen) atoms. The van der Waals surface area contributed by atoms with Gasteiger partial charge in [-0.2, -0.15) is 0 Å². The van der Waals surface area contributed by atoms with Gasteiger partial charge in [0.15, 0.2) is 11.5 Å². The molecule has 2 rings (SSSR count). The molecule has 1 N–H and O–H groups in total. The molecule has 0 spiro atoms. The molecule has 0 aromatic heterocycles. The number of rotatable bonds is 6. The Labute approximate surface area is 136 Å². The van der Waals surface area contributed by atoms with Crippen molar-refractivity contribution in [1.82, 2.24) is 5.32 Å². The molecular formula is C19H19NO3. The Balaban J connectivity index is 1.69. The topological polar surface area (TPSA) is 47.6 Å². The fraction of sp³-hybridized carbons (Fsp3) is 0.211. The number of nitrogens with one attached hydrogen (secondary N) is 1. The molecule has 4 nitrogen and oxygen atoms in total. The lowest BCUT2D eigenvalue weighted by atomic mass is 10.2. The average molecular weight is 309 g/mol. The van der Waals surface area contributed by atoms with Crippen molar-refractivity contribution in [3.8, 4) is 23.3 Å². The van der Waals surface area contributed by atoms with E-state index in [0.29, 0.717) is 24.7 Å². The standard InChI is InChI=1S/C19H19NO3/c1-22-17-11-5-6-12-18(17)23-15-13-19(21)20-14-7-10-16-8-3-2-4-9-16/h2-6,8-9,11-12H,13-15H2,1H3,(H,20,21). The van der Waals surface area contributed by atoms with Gasteiger partial charge in [-0.1, -0.05) is 42.2 Å². The van der Waals surface area contributed by atoms with Gasteiger partial charge in [-0.3, -0.25) is 4.79 Å². The van der Waals surface area contributed by atoms with Crippen LogP contribution in [-0.2, 0) is 4.79 Å². The second-order valence-corrected chi connectivity index (χ2v) is 4.69. The van der Waals surface area contributed by atoms with Gasteiger partial charge in [-0.05, 0) is 24.3 Å². The summed E-state index contributed by atoms with van der Waals surface area (Å²) in [6, 6.07) is 17.0. The SMILES string of the molecule is COc1ccccc1OCCC(=O)NCC#Cc1ccccc1.